The van der Waals surface area contributed by atoms with Crippen LogP contribution in [0, 0.1) is 0 Å². The fourth-order valence-corrected chi connectivity index (χ4v) is 7.43. The van der Waals surface area contributed by atoms with Crippen molar-refractivity contribution >= 4 is 72.8 Å². The number of anilines is 4. The molecule has 0 unspecified atom stereocenters. The normalized spacial score (nSPS) is 14.6. The van der Waals surface area contributed by atoms with Crippen LogP contribution in [0.25, 0.3) is 21.8 Å². The van der Waals surface area contributed by atoms with Crippen molar-refractivity contribution in [3.63, 3.8) is 0 Å². The van der Waals surface area contributed by atoms with Gasteiger partial charge < -0.3 is 40.1 Å². The molecule has 2 amide bonds. The number of nitrogens with one attached hydrogen (secondary N) is 3. The van der Waals surface area contributed by atoms with Gasteiger partial charge in [-0.05, 0) is 112 Å². The predicted octanol–water partition coefficient (Wildman–Crippen LogP) is 7.45. The summed E-state index contributed by atoms with van der Waals surface area (Å²) in [6.45, 7) is 5.38. The Hall–Kier alpha value is -6.11. The number of benzene rings is 4. The molecule has 6 aromatic rings. The average Bonchev–Trinajstić information content (AvgIpc) is 3.28. The number of piperidine rings is 1. The minimum atomic E-state index is -4.72. The van der Waals surface area contributed by atoms with Crippen molar-refractivity contribution in [2.75, 3.05) is 80.4 Å². The number of halogens is 4. The van der Waals surface area contributed by atoms with Gasteiger partial charge in [0.15, 0.2) is 6.61 Å². The number of carbonyl (C=O) groups is 2. The second kappa shape index (κ2) is 20.8. The van der Waals surface area contributed by atoms with Crippen molar-refractivity contribution in [1.29, 1.82) is 0 Å². The predicted molar refractivity (Wildman–Crippen MR) is 241 cm³/mol. The molecule has 18 heteroatoms. The van der Waals surface area contributed by atoms with Gasteiger partial charge in [0, 0.05) is 90.7 Å². The highest BCUT2D eigenvalue weighted by Crippen LogP contribution is 2.25. The summed E-state index contributed by atoms with van der Waals surface area (Å²) in [7, 11) is 4.27. The number of aromatic nitrogens is 4. The average molecular weight is 930 g/mol. The number of piperazine rings is 1. The van der Waals surface area contributed by atoms with Crippen LogP contribution in [-0.2, 0) is 16.0 Å². The number of alkyl halides is 3. The molecule has 2 aliphatic rings. The standard InChI is InChI=1S/C23H26BrN5O2.C22H22F3N5O2/c1-28(2)19-9-11-29(12-10-19)23-25-14-16-13-18(5-8-21(16)27-23)26-22(30)15-31-20-6-3-17(24)4-7-20;23-22(24,25)32-18-5-1-15(2-6-18)3-8-20(31)28-17-4-7-19-16(13-17)14-27-21(29-19)30-11-9-26-10-12-30/h3-8,13-14,19H,9-12,15H2,1-2H3,(H,26,30);1-2,4-7,13-14,26H,3,8-12H2,(H,28,31). The smallest absolute Gasteiger partial charge is 0.484 e. The molecule has 0 aliphatic carbocycles. The largest absolute Gasteiger partial charge is 0.573 e. The molecule has 0 bridgehead atoms. The quantitative estimate of drug-likeness (QED) is 0.112. The lowest BCUT2D eigenvalue weighted by molar-refractivity contribution is -0.274. The van der Waals surface area contributed by atoms with E-state index in [9.17, 15) is 22.8 Å². The van der Waals surface area contributed by atoms with E-state index in [1.165, 1.54) is 24.3 Å². The molecule has 2 saturated heterocycles. The van der Waals surface area contributed by atoms with Crippen LogP contribution >= 0.6 is 15.9 Å². The fraction of sp³-hybridized carbons (Fsp3) is 0.333. The summed E-state index contributed by atoms with van der Waals surface area (Å²) < 4.78 is 47.0. The van der Waals surface area contributed by atoms with E-state index in [0.29, 0.717) is 35.5 Å². The third-order valence-corrected chi connectivity index (χ3v) is 11.1. The maximum absolute atomic E-state index is 12.3. The van der Waals surface area contributed by atoms with Gasteiger partial charge in [0.25, 0.3) is 5.91 Å². The van der Waals surface area contributed by atoms with Crippen LogP contribution in [0.1, 0.15) is 24.8 Å². The Morgan fingerprint density at radius 3 is 1.86 bits per heavy atom. The Labute approximate surface area is 371 Å². The number of nitrogens with zero attached hydrogens (tertiary/aromatic N) is 7. The number of rotatable bonds is 12. The molecule has 8 rings (SSSR count). The van der Waals surface area contributed by atoms with Gasteiger partial charge in [-0.25, -0.2) is 19.9 Å². The van der Waals surface area contributed by atoms with Gasteiger partial charge in [0.1, 0.15) is 11.5 Å². The van der Waals surface area contributed by atoms with Crippen LogP contribution in [0.3, 0.4) is 0 Å². The molecule has 4 aromatic carbocycles. The van der Waals surface area contributed by atoms with E-state index in [4.69, 9.17) is 9.72 Å². The Morgan fingerprint density at radius 2 is 1.30 bits per heavy atom. The van der Waals surface area contributed by atoms with Gasteiger partial charge in [0.2, 0.25) is 17.8 Å². The van der Waals surface area contributed by atoms with Gasteiger partial charge in [0.05, 0.1) is 11.0 Å². The molecule has 2 fully saturated rings. The van der Waals surface area contributed by atoms with Crippen molar-refractivity contribution in [2.24, 2.45) is 0 Å². The van der Waals surface area contributed by atoms with E-state index < -0.39 is 6.36 Å². The molecular formula is C45H48BrF3N10O4. The van der Waals surface area contributed by atoms with Gasteiger partial charge in [-0.2, -0.15) is 0 Å². The van der Waals surface area contributed by atoms with Gasteiger partial charge in [-0.1, -0.05) is 28.1 Å². The van der Waals surface area contributed by atoms with Crippen molar-refractivity contribution in [2.45, 2.75) is 38.1 Å². The SMILES string of the molecule is CN(C)C1CCN(c2ncc3cc(NC(=O)COc4ccc(Br)cc4)ccc3n2)CC1.O=C(CCc1ccc(OC(F)(F)F)cc1)Nc1ccc2nc(N3CCNCC3)ncc2c1. The molecule has 2 aliphatic heterocycles. The summed E-state index contributed by atoms with van der Waals surface area (Å²) in [5.41, 5.74) is 3.73. The molecule has 0 radical (unpaired) electrons. The monoisotopic (exact) mass is 928 g/mol. The summed E-state index contributed by atoms with van der Waals surface area (Å²) >= 11 is 3.37. The second-order valence-electron chi connectivity index (χ2n) is 15.3. The van der Waals surface area contributed by atoms with E-state index in [0.717, 1.165) is 89.9 Å². The number of hydrogen-bond acceptors (Lipinski definition) is 12. The minimum absolute atomic E-state index is 0.0575. The summed E-state index contributed by atoms with van der Waals surface area (Å²) in [5, 5.41) is 10.7. The van der Waals surface area contributed by atoms with Crippen LogP contribution in [0.2, 0.25) is 0 Å². The molecule has 0 spiro atoms. The lowest BCUT2D eigenvalue weighted by atomic mass is 10.0. The van der Waals surface area contributed by atoms with E-state index >= 15 is 0 Å². The molecule has 3 N–H and O–H groups in total. The Morgan fingerprint density at radius 1 is 0.762 bits per heavy atom. The number of ether oxygens (including phenoxy) is 2. The number of fused-ring (bicyclic) bond motifs is 2. The summed E-state index contributed by atoms with van der Waals surface area (Å²) in [6.07, 6.45) is 1.66. The molecular weight excluding hydrogens is 881 g/mol. The number of amides is 2. The lowest BCUT2D eigenvalue weighted by Gasteiger charge is -2.35. The summed E-state index contributed by atoms with van der Waals surface area (Å²) in [4.78, 5) is 49.6. The minimum Gasteiger partial charge on any atom is -0.484 e. The van der Waals surface area contributed by atoms with E-state index in [1.54, 1.807) is 12.3 Å². The van der Waals surface area contributed by atoms with Crippen LogP contribution in [-0.4, -0.2) is 109 Å². The molecule has 2 aromatic heterocycles. The number of aryl methyl sites for hydroxylation is 1. The highest BCUT2D eigenvalue weighted by atomic mass is 79.9. The topological polar surface area (TPSA) is 150 Å². The first-order chi connectivity index (χ1) is 30.3. The lowest BCUT2D eigenvalue weighted by Crippen LogP contribution is -2.44. The first-order valence-corrected chi connectivity index (χ1v) is 21.4. The van der Waals surface area contributed by atoms with Crippen molar-refractivity contribution in [3.05, 3.63) is 107 Å². The zero-order valence-electron chi connectivity index (χ0n) is 34.9. The van der Waals surface area contributed by atoms with E-state index in [2.05, 4.69) is 80.4 Å². The number of hydrogen-bond donors (Lipinski definition) is 3. The zero-order chi connectivity index (χ0) is 44.3. The van der Waals surface area contributed by atoms with Crippen LogP contribution < -0.4 is 35.2 Å². The molecule has 63 heavy (non-hydrogen) atoms. The molecule has 0 saturated carbocycles. The number of carbonyl (C=O) groups excluding carboxylic acids is 2. The Balaban J connectivity index is 0.000000189. The molecule has 4 heterocycles. The Kier molecular flexibility index (Phi) is 14.9. The van der Waals surface area contributed by atoms with Crippen molar-refractivity contribution in [1.82, 2.24) is 30.2 Å². The van der Waals surface area contributed by atoms with Crippen LogP contribution in [0.4, 0.5) is 36.4 Å². The maximum Gasteiger partial charge on any atom is 0.573 e. The zero-order valence-corrected chi connectivity index (χ0v) is 36.5. The summed E-state index contributed by atoms with van der Waals surface area (Å²) in [5.74, 6) is 1.41. The Bertz CT molecular complexity index is 2480. The third kappa shape index (κ3) is 13.2. The highest BCUT2D eigenvalue weighted by molar-refractivity contribution is 9.10. The first kappa shape index (κ1) is 44.9. The summed E-state index contributed by atoms with van der Waals surface area (Å²) in [6, 6.07) is 24.6. The van der Waals surface area contributed by atoms with Crippen molar-refractivity contribution < 1.29 is 32.2 Å². The van der Waals surface area contributed by atoms with E-state index in [1.807, 2.05) is 60.8 Å². The van der Waals surface area contributed by atoms with Gasteiger partial charge >= 0.3 is 6.36 Å². The van der Waals surface area contributed by atoms with Crippen LogP contribution in [0.15, 0.2) is 102 Å². The molecule has 0 atom stereocenters. The molecule has 14 nitrogen and oxygen atoms in total. The maximum atomic E-state index is 12.3. The molecule has 330 valence electrons. The second-order valence-corrected chi connectivity index (χ2v) is 16.3. The van der Waals surface area contributed by atoms with Gasteiger partial charge in [-0.3, -0.25) is 9.59 Å². The van der Waals surface area contributed by atoms with Crippen LogP contribution in [0.5, 0.6) is 11.5 Å². The van der Waals surface area contributed by atoms with Gasteiger partial charge in [-0.15, -0.1) is 13.2 Å². The fourth-order valence-electron chi connectivity index (χ4n) is 7.17. The van der Waals surface area contributed by atoms with E-state index in [-0.39, 0.29) is 30.6 Å². The van der Waals surface area contributed by atoms with Crippen molar-refractivity contribution in [3.8, 4) is 11.5 Å². The first-order valence-electron chi connectivity index (χ1n) is 20.6. The third-order valence-electron chi connectivity index (χ3n) is 10.6. The highest BCUT2D eigenvalue weighted by Gasteiger charge is 2.31.